The number of carbonyl (C=O) groups is 2. The van der Waals surface area contributed by atoms with Crippen LogP contribution in [-0.2, 0) is 14.3 Å². The summed E-state index contributed by atoms with van der Waals surface area (Å²) in [5.74, 6) is 0.190. The molecule has 0 saturated heterocycles. The SMILES string of the molecule is COCCCN(CCOC)C(=O)c1ccc(NC(=O)C2CC2)cc1. The number of methoxy groups -OCH3 is 2. The lowest BCUT2D eigenvalue weighted by Crippen LogP contribution is -2.35. The van der Waals surface area contributed by atoms with Gasteiger partial charge < -0.3 is 19.7 Å². The van der Waals surface area contributed by atoms with E-state index in [0.717, 1.165) is 24.9 Å². The van der Waals surface area contributed by atoms with Crippen LogP contribution >= 0.6 is 0 Å². The Labute approximate surface area is 143 Å². The average Bonchev–Trinajstić information content (AvgIpc) is 3.43. The maximum atomic E-state index is 12.6. The number of anilines is 1. The number of nitrogens with zero attached hydrogens (tertiary/aromatic N) is 1. The first-order valence-electron chi connectivity index (χ1n) is 8.33. The normalized spacial score (nSPS) is 13.6. The van der Waals surface area contributed by atoms with E-state index in [2.05, 4.69) is 5.32 Å². The van der Waals surface area contributed by atoms with Crippen molar-refractivity contribution in [3.05, 3.63) is 29.8 Å². The van der Waals surface area contributed by atoms with Crippen LogP contribution in [0.25, 0.3) is 0 Å². The van der Waals surface area contributed by atoms with E-state index in [1.54, 1.807) is 43.4 Å². The van der Waals surface area contributed by atoms with Crippen molar-refractivity contribution in [2.45, 2.75) is 19.3 Å². The maximum Gasteiger partial charge on any atom is 0.253 e. The molecule has 24 heavy (non-hydrogen) atoms. The molecule has 1 aliphatic carbocycles. The van der Waals surface area contributed by atoms with E-state index >= 15 is 0 Å². The van der Waals surface area contributed by atoms with E-state index in [0.29, 0.717) is 31.9 Å². The molecule has 1 saturated carbocycles. The fourth-order valence-electron chi connectivity index (χ4n) is 2.38. The average molecular weight is 334 g/mol. The summed E-state index contributed by atoms with van der Waals surface area (Å²) in [4.78, 5) is 26.2. The van der Waals surface area contributed by atoms with Crippen molar-refractivity contribution in [2.24, 2.45) is 5.92 Å². The van der Waals surface area contributed by atoms with Gasteiger partial charge in [0.05, 0.1) is 6.61 Å². The molecule has 1 aliphatic rings. The zero-order valence-electron chi connectivity index (χ0n) is 14.4. The molecular weight excluding hydrogens is 308 g/mol. The Balaban J connectivity index is 1.95. The number of hydrogen-bond donors (Lipinski definition) is 1. The Bertz CT molecular complexity index is 540. The molecule has 1 fully saturated rings. The first kappa shape index (κ1) is 18.4. The number of amides is 2. The first-order chi connectivity index (χ1) is 11.7. The number of rotatable bonds is 10. The molecule has 0 unspecified atom stereocenters. The summed E-state index contributed by atoms with van der Waals surface area (Å²) in [6.45, 7) is 2.27. The molecule has 6 nitrogen and oxygen atoms in total. The van der Waals surface area contributed by atoms with Crippen molar-refractivity contribution in [3.8, 4) is 0 Å². The molecule has 1 aromatic rings. The number of hydrogen-bond acceptors (Lipinski definition) is 4. The highest BCUT2D eigenvalue weighted by molar-refractivity contribution is 5.96. The summed E-state index contributed by atoms with van der Waals surface area (Å²) in [6.07, 6.45) is 2.72. The minimum atomic E-state index is -0.0387. The van der Waals surface area contributed by atoms with Crippen molar-refractivity contribution in [1.82, 2.24) is 4.90 Å². The van der Waals surface area contributed by atoms with Crippen LogP contribution in [0.5, 0.6) is 0 Å². The van der Waals surface area contributed by atoms with Crippen LogP contribution in [-0.4, -0.2) is 57.2 Å². The molecular formula is C18H26N2O4. The van der Waals surface area contributed by atoms with Gasteiger partial charge in [0.25, 0.3) is 5.91 Å². The van der Waals surface area contributed by atoms with Gasteiger partial charge in [-0.05, 0) is 43.5 Å². The van der Waals surface area contributed by atoms with Gasteiger partial charge in [-0.1, -0.05) is 0 Å². The third-order valence-electron chi connectivity index (χ3n) is 3.98. The van der Waals surface area contributed by atoms with Crippen molar-refractivity contribution in [1.29, 1.82) is 0 Å². The number of nitrogens with one attached hydrogen (secondary N) is 1. The van der Waals surface area contributed by atoms with Gasteiger partial charge in [0.2, 0.25) is 5.91 Å². The monoisotopic (exact) mass is 334 g/mol. The summed E-state index contributed by atoms with van der Waals surface area (Å²) in [6, 6.07) is 7.05. The molecule has 0 spiro atoms. The Morgan fingerprint density at radius 3 is 2.33 bits per heavy atom. The van der Waals surface area contributed by atoms with Crippen LogP contribution in [0.1, 0.15) is 29.6 Å². The first-order valence-corrected chi connectivity index (χ1v) is 8.33. The van der Waals surface area contributed by atoms with Gasteiger partial charge in [-0.25, -0.2) is 0 Å². The van der Waals surface area contributed by atoms with E-state index in [1.165, 1.54) is 0 Å². The molecule has 132 valence electrons. The zero-order valence-corrected chi connectivity index (χ0v) is 14.4. The third-order valence-corrected chi connectivity index (χ3v) is 3.98. The second-order valence-electron chi connectivity index (χ2n) is 5.97. The van der Waals surface area contributed by atoms with E-state index in [9.17, 15) is 9.59 Å². The highest BCUT2D eigenvalue weighted by Crippen LogP contribution is 2.30. The highest BCUT2D eigenvalue weighted by Gasteiger charge is 2.29. The Kier molecular flexibility index (Phi) is 7.21. The van der Waals surface area contributed by atoms with Crippen LogP contribution < -0.4 is 5.32 Å². The second kappa shape index (κ2) is 9.39. The standard InChI is InChI=1S/C18H26N2O4/c1-23-12-3-10-20(11-13-24-2)18(22)15-6-8-16(9-7-15)19-17(21)14-4-5-14/h6-9,14H,3-5,10-13H2,1-2H3,(H,19,21). The van der Waals surface area contributed by atoms with Crippen molar-refractivity contribution >= 4 is 17.5 Å². The molecule has 1 aromatic carbocycles. The zero-order chi connectivity index (χ0) is 17.4. The minimum Gasteiger partial charge on any atom is -0.385 e. The fraction of sp³-hybridized carbons (Fsp3) is 0.556. The molecule has 0 bridgehead atoms. The van der Waals surface area contributed by atoms with Crippen molar-refractivity contribution in [2.75, 3.05) is 45.8 Å². The van der Waals surface area contributed by atoms with Crippen LogP contribution in [0.3, 0.4) is 0 Å². The van der Waals surface area contributed by atoms with Gasteiger partial charge in [-0.15, -0.1) is 0 Å². The molecule has 6 heteroatoms. The largest absolute Gasteiger partial charge is 0.385 e. The lowest BCUT2D eigenvalue weighted by molar-refractivity contribution is -0.117. The van der Waals surface area contributed by atoms with E-state index in [-0.39, 0.29) is 17.7 Å². The summed E-state index contributed by atoms with van der Waals surface area (Å²) in [7, 11) is 3.27. The second-order valence-corrected chi connectivity index (χ2v) is 5.97. The van der Waals surface area contributed by atoms with Gasteiger partial charge in [0, 0.05) is 51.1 Å². The molecule has 2 amide bonds. The minimum absolute atomic E-state index is 0.0387. The number of ether oxygens (including phenoxy) is 2. The van der Waals surface area contributed by atoms with E-state index < -0.39 is 0 Å². The molecule has 0 radical (unpaired) electrons. The number of benzene rings is 1. The van der Waals surface area contributed by atoms with E-state index in [1.807, 2.05) is 0 Å². The van der Waals surface area contributed by atoms with Crippen LogP contribution in [0.15, 0.2) is 24.3 Å². The number of carbonyl (C=O) groups excluding carboxylic acids is 2. The lowest BCUT2D eigenvalue weighted by atomic mass is 10.1. The molecule has 2 rings (SSSR count). The molecule has 0 atom stereocenters. The van der Waals surface area contributed by atoms with Crippen LogP contribution in [0.2, 0.25) is 0 Å². The Morgan fingerprint density at radius 1 is 1.08 bits per heavy atom. The molecule has 0 heterocycles. The molecule has 0 aliphatic heterocycles. The molecule has 0 aromatic heterocycles. The summed E-state index contributed by atoms with van der Waals surface area (Å²) in [5.41, 5.74) is 1.33. The summed E-state index contributed by atoms with van der Waals surface area (Å²) >= 11 is 0. The van der Waals surface area contributed by atoms with Crippen molar-refractivity contribution in [3.63, 3.8) is 0 Å². The smallest absolute Gasteiger partial charge is 0.253 e. The fourth-order valence-corrected chi connectivity index (χ4v) is 2.38. The summed E-state index contributed by atoms with van der Waals surface area (Å²) < 4.78 is 10.1. The predicted octanol–water partition coefficient (Wildman–Crippen LogP) is 2.16. The predicted molar refractivity (Wildman–Crippen MR) is 92.1 cm³/mol. The van der Waals surface area contributed by atoms with Gasteiger partial charge in [0.15, 0.2) is 0 Å². The van der Waals surface area contributed by atoms with Crippen LogP contribution in [0, 0.1) is 5.92 Å². The van der Waals surface area contributed by atoms with Gasteiger partial charge in [-0.2, -0.15) is 0 Å². The Hall–Kier alpha value is -1.92. The summed E-state index contributed by atoms with van der Waals surface area (Å²) in [5, 5.41) is 2.88. The lowest BCUT2D eigenvalue weighted by Gasteiger charge is -2.22. The molecule has 1 N–H and O–H groups in total. The quantitative estimate of drug-likeness (QED) is 0.666. The third kappa shape index (κ3) is 5.62. The van der Waals surface area contributed by atoms with Crippen molar-refractivity contribution < 1.29 is 19.1 Å². The Morgan fingerprint density at radius 2 is 1.75 bits per heavy atom. The van der Waals surface area contributed by atoms with Gasteiger partial charge in [-0.3, -0.25) is 9.59 Å². The maximum absolute atomic E-state index is 12.6. The van der Waals surface area contributed by atoms with Gasteiger partial charge >= 0.3 is 0 Å². The van der Waals surface area contributed by atoms with Crippen LogP contribution in [0.4, 0.5) is 5.69 Å². The van der Waals surface area contributed by atoms with E-state index in [4.69, 9.17) is 9.47 Å². The highest BCUT2D eigenvalue weighted by atomic mass is 16.5. The topological polar surface area (TPSA) is 67.9 Å². The van der Waals surface area contributed by atoms with Gasteiger partial charge in [0.1, 0.15) is 0 Å².